The summed E-state index contributed by atoms with van der Waals surface area (Å²) in [5.74, 6) is 0.668. The summed E-state index contributed by atoms with van der Waals surface area (Å²) < 4.78 is 1.86. The van der Waals surface area contributed by atoms with E-state index in [0.29, 0.717) is 10.7 Å². The summed E-state index contributed by atoms with van der Waals surface area (Å²) in [5, 5.41) is 11.5. The monoisotopic (exact) mass is 467 g/mol. The Hall–Kier alpha value is -1.45. The summed E-state index contributed by atoms with van der Waals surface area (Å²) in [6.45, 7) is 2.08. The highest BCUT2D eigenvalue weighted by Crippen LogP contribution is 2.28. The lowest BCUT2D eigenvalue weighted by Crippen LogP contribution is -2.11. The normalized spacial score (nSPS) is 10.6. The Kier molecular flexibility index (Phi) is 5.85. The number of rotatable bonds is 5. The Bertz CT molecular complexity index is 866. The maximum atomic E-state index is 12.2. The first-order valence-electron chi connectivity index (χ1n) is 7.19. The van der Waals surface area contributed by atoms with Crippen LogP contribution in [-0.2, 0) is 5.75 Å². The molecule has 24 heavy (non-hydrogen) atoms. The van der Waals surface area contributed by atoms with Crippen molar-refractivity contribution in [1.29, 1.82) is 0 Å². The number of carbonyl (C=O) groups excluding carboxylic acids is 1. The highest BCUT2D eigenvalue weighted by Gasteiger charge is 2.11. The number of halogens is 1. The smallest absolute Gasteiger partial charge is 0.257 e. The largest absolute Gasteiger partial charge is 0.296 e. The number of benzene rings is 2. The molecule has 4 nitrogen and oxygen atoms in total. The zero-order chi connectivity index (χ0) is 16.9. The van der Waals surface area contributed by atoms with Gasteiger partial charge in [0.15, 0.2) is 4.34 Å². The molecule has 0 aliphatic rings. The van der Waals surface area contributed by atoms with Crippen LogP contribution in [0.4, 0.5) is 5.13 Å². The highest BCUT2D eigenvalue weighted by atomic mass is 127. The van der Waals surface area contributed by atoms with Crippen molar-refractivity contribution in [2.75, 3.05) is 5.32 Å². The van der Waals surface area contributed by atoms with Gasteiger partial charge in [-0.2, -0.15) is 0 Å². The molecular formula is C17H14IN3OS2. The van der Waals surface area contributed by atoms with E-state index < -0.39 is 0 Å². The maximum absolute atomic E-state index is 12.2. The van der Waals surface area contributed by atoms with Crippen LogP contribution in [0.5, 0.6) is 0 Å². The first kappa shape index (κ1) is 17.4. The second-order valence-electron chi connectivity index (χ2n) is 5.12. The molecule has 1 heterocycles. The third-order valence-electron chi connectivity index (χ3n) is 3.16. The lowest BCUT2D eigenvalue weighted by atomic mass is 10.2. The SMILES string of the molecule is Cc1cccc(CSc2nnc(NC(=O)c3cccc(I)c3)s2)c1. The van der Waals surface area contributed by atoms with Gasteiger partial charge in [0.1, 0.15) is 0 Å². The van der Waals surface area contributed by atoms with Crippen molar-refractivity contribution in [2.24, 2.45) is 0 Å². The van der Waals surface area contributed by atoms with Crippen LogP contribution in [0.2, 0.25) is 0 Å². The van der Waals surface area contributed by atoms with Crippen LogP contribution in [0, 0.1) is 10.5 Å². The van der Waals surface area contributed by atoms with Crippen LogP contribution < -0.4 is 5.32 Å². The van der Waals surface area contributed by atoms with Crippen LogP contribution in [0.1, 0.15) is 21.5 Å². The minimum Gasteiger partial charge on any atom is -0.296 e. The van der Waals surface area contributed by atoms with Crippen molar-refractivity contribution in [3.05, 3.63) is 68.8 Å². The van der Waals surface area contributed by atoms with Gasteiger partial charge in [-0.15, -0.1) is 10.2 Å². The fourth-order valence-electron chi connectivity index (χ4n) is 2.06. The topological polar surface area (TPSA) is 54.9 Å². The van der Waals surface area contributed by atoms with Gasteiger partial charge in [-0.05, 0) is 53.3 Å². The lowest BCUT2D eigenvalue weighted by Gasteiger charge is -2.01. The van der Waals surface area contributed by atoms with Gasteiger partial charge >= 0.3 is 0 Å². The third-order valence-corrected chi connectivity index (χ3v) is 5.87. The lowest BCUT2D eigenvalue weighted by molar-refractivity contribution is 0.102. The minimum atomic E-state index is -0.167. The fraction of sp³-hybridized carbons (Fsp3) is 0.118. The van der Waals surface area contributed by atoms with Crippen LogP contribution >= 0.6 is 45.7 Å². The number of hydrogen-bond acceptors (Lipinski definition) is 5. The number of aryl methyl sites for hydroxylation is 1. The van der Waals surface area contributed by atoms with Gasteiger partial charge in [-0.25, -0.2) is 0 Å². The first-order valence-corrected chi connectivity index (χ1v) is 10.1. The second kappa shape index (κ2) is 8.09. The molecule has 122 valence electrons. The summed E-state index contributed by atoms with van der Waals surface area (Å²) >= 11 is 5.20. The number of hydrogen-bond donors (Lipinski definition) is 1. The summed E-state index contributed by atoms with van der Waals surface area (Å²) in [7, 11) is 0. The average molecular weight is 467 g/mol. The Balaban J connectivity index is 1.60. The predicted octanol–water partition coefficient (Wildman–Crippen LogP) is 5.00. The molecule has 0 spiro atoms. The zero-order valence-electron chi connectivity index (χ0n) is 12.8. The molecule has 0 atom stereocenters. The Morgan fingerprint density at radius 1 is 1.21 bits per heavy atom. The molecule has 3 rings (SSSR count). The molecule has 3 aromatic rings. The van der Waals surface area contributed by atoms with Crippen molar-refractivity contribution in [3.63, 3.8) is 0 Å². The molecule has 7 heteroatoms. The number of nitrogens with one attached hydrogen (secondary N) is 1. The summed E-state index contributed by atoms with van der Waals surface area (Å²) in [4.78, 5) is 12.2. The van der Waals surface area contributed by atoms with E-state index in [1.807, 2.05) is 18.2 Å². The van der Waals surface area contributed by atoms with Gasteiger partial charge in [0.25, 0.3) is 5.91 Å². The number of carbonyl (C=O) groups is 1. The molecule has 1 amide bonds. The van der Waals surface area contributed by atoms with Gasteiger partial charge in [0.2, 0.25) is 5.13 Å². The first-order chi connectivity index (χ1) is 11.6. The number of nitrogens with zero attached hydrogens (tertiary/aromatic N) is 2. The zero-order valence-corrected chi connectivity index (χ0v) is 16.6. The molecule has 0 bridgehead atoms. The standard InChI is InChI=1S/C17H14IN3OS2/c1-11-4-2-5-12(8-11)10-23-17-21-20-16(24-17)19-15(22)13-6-3-7-14(18)9-13/h2-9H,10H2,1H3,(H,19,20,22). The number of thioether (sulfide) groups is 1. The fourth-order valence-corrected chi connectivity index (χ4v) is 4.30. The van der Waals surface area contributed by atoms with Gasteiger partial charge in [-0.1, -0.05) is 59.0 Å². The summed E-state index contributed by atoms with van der Waals surface area (Å²) in [5.41, 5.74) is 3.11. The van der Waals surface area contributed by atoms with E-state index in [1.54, 1.807) is 17.8 Å². The number of anilines is 1. The molecule has 1 N–H and O–H groups in total. The van der Waals surface area contributed by atoms with E-state index >= 15 is 0 Å². The van der Waals surface area contributed by atoms with Crippen LogP contribution in [0.15, 0.2) is 52.9 Å². The molecular weight excluding hydrogens is 453 g/mol. The van der Waals surface area contributed by atoms with E-state index in [9.17, 15) is 4.79 Å². The van der Waals surface area contributed by atoms with Gasteiger partial charge in [-0.3, -0.25) is 10.1 Å². The molecule has 2 aromatic carbocycles. The number of aromatic nitrogens is 2. The van der Waals surface area contributed by atoms with Crippen molar-refractivity contribution in [3.8, 4) is 0 Å². The average Bonchev–Trinajstić information content (AvgIpc) is 3.00. The quantitative estimate of drug-likeness (QED) is 0.326. The molecule has 0 unspecified atom stereocenters. The predicted molar refractivity (Wildman–Crippen MR) is 108 cm³/mol. The van der Waals surface area contributed by atoms with E-state index in [1.165, 1.54) is 22.5 Å². The van der Waals surface area contributed by atoms with Crippen molar-refractivity contribution >= 4 is 56.7 Å². The van der Waals surface area contributed by atoms with Crippen LogP contribution in [0.25, 0.3) is 0 Å². The molecule has 0 saturated heterocycles. The maximum Gasteiger partial charge on any atom is 0.257 e. The van der Waals surface area contributed by atoms with Gasteiger partial charge in [0.05, 0.1) is 0 Å². The Labute approximate surface area is 162 Å². The summed E-state index contributed by atoms with van der Waals surface area (Å²) in [6, 6.07) is 15.8. The third kappa shape index (κ3) is 4.78. The molecule has 0 aliphatic heterocycles. The van der Waals surface area contributed by atoms with Gasteiger partial charge in [0, 0.05) is 14.9 Å². The molecule has 0 fully saturated rings. The highest BCUT2D eigenvalue weighted by molar-refractivity contribution is 14.1. The summed E-state index contributed by atoms with van der Waals surface area (Å²) in [6.07, 6.45) is 0. The molecule has 0 radical (unpaired) electrons. The van der Waals surface area contributed by atoms with E-state index in [-0.39, 0.29) is 5.91 Å². The Morgan fingerprint density at radius 2 is 2.04 bits per heavy atom. The van der Waals surface area contributed by atoms with E-state index in [2.05, 4.69) is 69.3 Å². The molecule has 0 aliphatic carbocycles. The van der Waals surface area contributed by atoms with Crippen molar-refractivity contribution in [2.45, 2.75) is 17.0 Å². The number of amides is 1. The van der Waals surface area contributed by atoms with Crippen LogP contribution in [0.3, 0.4) is 0 Å². The molecule has 0 saturated carbocycles. The van der Waals surface area contributed by atoms with Crippen molar-refractivity contribution < 1.29 is 4.79 Å². The molecule has 1 aromatic heterocycles. The van der Waals surface area contributed by atoms with Crippen LogP contribution in [-0.4, -0.2) is 16.1 Å². The van der Waals surface area contributed by atoms with E-state index in [0.717, 1.165) is 13.7 Å². The van der Waals surface area contributed by atoms with E-state index in [4.69, 9.17) is 0 Å². The minimum absolute atomic E-state index is 0.167. The van der Waals surface area contributed by atoms with Crippen molar-refractivity contribution in [1.82, 2.24) is 10.2 Å². The van der Waals surface area contributed by atoms with Gasteiger partial charge < -0.3 is 0 Å². The second-order valence-corrected chi connectivity index (χ2v) is 8.56. The Morgan fingerprint density at radius 3 is 2.83 bits per heavy atom.